The van der Waals surface area contributed by atoms with Crippen molar-refractivity contribution >= 4 is 17.8 Å². The van der Waals surface area contributed by atoms with Crippen LogP contribution < -0.4 is 14.8 Å². The monoisotopic (exact) mass is 387 g/mol. The fourth-order valence-corrected chi connectivity index (χ4v) is 2.30. The van der Waals surface area contributed by atoms with Crippen molar-refractivity contribution in [2.24, 2.45) is 0 Å². The van der Waals surface area contributed by atoms with Gasteiger partial charge in [-0.3, -0.25) is 4.79 Å². The molecular formula is C20H21NO7. The molecule has 148 valence electrons. The Morgan fingerprint density at radius 2 is 1.61 bits per heavy atom. The maximum atomic E-state index is 12.2. The number of carbonyl (C=O) groups is 3. The van der Waals surface area contributed by atoms with Gasteiger partial charge in [-0.15, -0.1) is 0 Å². The predicted molar refractivity (Wildman–Crippen MR) is 99.5 cm³/mol. The molecule has 0 aliphatic carbocycles. The third-order valence-electron chi connectivity index (χ3n) is 3.83. The van der Waals surface area contributed by atoms with Crippen molar-refractivity contribution in [3.05, 3.63) is 59.2 Å². The van der Waals surface area contributed by atoms with Gasteiger partial charge in [0.05, 0.1) is 26.9 Å². The third kappa shape index (κ3) is 5.47. The summed E-state index contributed by atoms with van der Waals surface area (Å²) in [6.07, 6.45) is 0. The molecule has 1 N–H and O–H groups in total. The molecule has 0 unspecified atom stereocenters. The lowest BCUT2D eigenvalue weighted by Gasteiger charge is -2.10. The van der Waals surface area contributed by atoms with Crippen LogP contribution in [0, 0.1) is 0 Å². The van der Waals surface area contributed by atoms with Gasteiger partial charge in [0.15, 0.2) is 6.61 Å². The van der Waals surface area contributed by atoms with Crippen molar-refractivity contribution in [2.75, 3.05) is 27.9 Å². The van der Waals surface area contributed by atoms with Crippen molar-refractivity contribution < 1.29 is 33.3 Å². The lowest BCUT2D eigenvalue weighted by molar-refractivity contribution is -0.124. The summed E-state index contributed by atoms with van der Waals surface area (Å²) in [5.74, 6) is -0.758. The smallest absolute Gasteiger partial charge is 0.342 e. The van der Waals surface area contributed by atoms with E-state index >= 15 is 0 Å². The van der Waals surface area contributed by atoms with Gasteiger partial charge in [-0.25, -0.2) is 9.59 Å². The van der Waals surface area contributed by atoms with E-state index in [1.54, 1.807) is 36.4 Å². The van der Waals surface area contributed by atoms with E-state index in [9.17, 15) is 14.4 Å². The first-order valence-corrected chi connectivity index (χ1v) is 8.31. The van der Waals surface area contributed by atoms with Crippen molar-refractivity contribution in [2.45, 2.75) is 6.54 Å². The highest BCUT2D eigenvalue weighted by Gasteiger charge is 2.16. The van der Waals surface area contributed by atoms with Crippen LogP contribution >= 0.6 is 0 Å². The second-order valence-corrected chi connectivity index (χ2v) is 5.61. The minimum atomic E-state index is -0.683. The Morgan fingerprint density at radius 1 is 0.893 bits per heavy atom. The van der Waals surface area contributed by atoms with Gasteiger partial charge >= 0.3 is 11.9 Å². The van der Waals surface area contributed by atoms with Gasteiger partial charge in [-0.2, -0.15) is 0 Å². The van der Waals surface area contributed by atoms with Gasteiger partial charge in [0, 0.05) is 12.6 Å². The molecule has 0 fully saturated rings. The van der Waals surface area contributed by atoms with Crippen LogP contribution in [0.2, 0.25) is 0 Å². The highest BCUT2D eigenvalue weighted by molar-refractivity contribution is 5.94. The van der Waals surface area contributed by atoms with E-state index in [4.69, 9.17) is 14.2 Å². The fraction of sp³-hybridized carbons (Fsp3) is 0.250. The topological polar surface area (TPSA) is 100 Å². The van der Waals surface area contributed by atoms with Gasteiger partial charge in [0.2, 0.25) is 0 Å². The number of esters is 2. The van der Waals surface area contributed by atoms with E-state index in [2.05, 4.69) is 10.1 Å². The minimum Gasteiger partial charge on any atom is -0.497 e. The van der Waals surface area contributed by atoms with Crippen molar-refractivity contribution in [3.63, 3.8) is 0 Å². The van der Waals surface area contributed by atoms with E-state index in [1.807, 2.05) is 0 Å². The Bertz CT molecular complexity index is 846. The van der Waals surface area contributed by atoms with E-state index < -0.39 is 24.5 Å². The molecule has 0 atom stereocenters. The number of benzene rings is 2. The quantitative estimate of drug-likeness (QED) is 0.691. The summed E-state index contributed by atoms with van der Waals surface area (Å²) < 4.78 is 19.9. The van der Waals surface area contributed by atoms with E-state index in [-0.39, 0.29) is 17.9 Å². The number of hydrogen-bond acceptors (Lipinski definition) is 7. The van der Waals surface area contributed by atoms with Crippen LogP contribution in [0.15, 0.2) is 42.5 Å². The fourth-order valence-electron chi connectivity index (χ4n) is 2.30. The average Bonchev–Trinajstić information content (AvgIpc) is 2.75. The molecule has 8 heteroatoms. The Hall–Kier alpha value is -3.55. The first-order valence-electron chi connectivity index (χ1n) is 8.31. The molecule has 0 aromatic heterocycles. The molecule has 1 amide bonds. The molecule has 0 saturated heterocycles. The molecule has 2 aromatic rings. The lowest BCUT2D eigenvalue weighted by atomic mass is 10.1. The van der Waals surface area contributed by atoms with Gasteiger partial charge in [0.25, 0.3) is 5.91 Å². The lowest BCUT2D eigenvalue weighted by Crippen LogP contribution is -2.28. The minimum absolute atomic E-state index is 0.189. The standard InChI is InChI=1S/C20H21NO7/c1-25-15-8-9-16(17(10-15)26-2)20(24)28-12-18(22)21-11-13-4-6-14(7-5-13)19(23)27-3/h4-10H,11-12H2,1-3H3,(H,21,22). The number of rotatable bonds is 8. The van der Waals surface area contributed by atoms with Crippen LogP contribution in [0.25, 0.3) is 0 Å². The molecule has 0 heterocycles. The van der Waals surface area contributed by atoms with E-state index in [1.165, 1.54) is 27.4 Å². The van der Waals surface area contributed by atoms with Gasteiger partial charge in [-0.05, 0) is 29.8 Å². The van der Waals surface area contributed by atoms with Crippen LogP contribution in [0.4, 0.5) is 0 Å². The number of nitrogens with one attached hydrogen (secondary N) is 1. The molecule has 28 heavy (non-hydrogen) atoms. The summed E-state index contributed by atoms with van der Waals surface area (Å²) in [6.45, 7) is -0.210. The molecule has 2 aromatic carbocycles. The van der Waals surface area contributed by atoms with Gasteiger partial charge in [-0.1, -0.05) is 12.1 Å². The number of carbonyl (C=O) groups excluding carboxylic acids is 3. The number of ether oxygens (including phenoxy) is 4. The number of amides is 1. The van der Waals surface area contributed by atoms with Gasteiger partial charge in [0.1, 0.15) is 17.1 Å². The normalized spacial score (nSPS) is 9.96. The molecule has 8 nitrogen and oxygen atoms in total. The largest absolute Gasteiger partial charge is 0.497 e. The van der Waals surface area contributed by atoms with E-state index in [0.717, 1.165) is 5.56 Å². The predicted octanol–water partition coefficient (Wildman–Crippen LogP) is 1.96. The first-order chi connectivity index (χ1) is 13.5. The molecule has 0 bridgehead atoms. The van der Waals surface area contributed by atoms with Gasteiger partial charge < -0.3 is 24.3 Å². The number of hydrogen-bond donors (Lipinski definition) is 1. The average molecular weight is 387 g/mol. The van der Waals surface area contributed by atoms with Crippen molar-refractivity contribution in [1.82, 2.24) is 5.32 Å². The molecule has 2 rings (SSSR count). The van der Waals surface area contributed by atoms with Crippen molar-refractivity contribution in [1.29, 1.82) is 0 Å². The van der Waals surface area contributed by atoms with Crippen LogP contribution in [0.3, 0.4) is 0 Å². The highest BCUT2D eigenvalue weighted by Crippen LogP contribution is 2.25. The zero-order valence-electron chi connectivity index (χ0n) is 15.8. The number of methoxy groups -OCH3 is 3. The molecule has 0 spiro atoms. The molecular weight excluding hydrogens is 366 g/mol. The summed E-state index contributed by atoms with van der Waals surface area (Å²) in [4.78, 5) is 35.5. The summed E-state index contributed by atoms with van der Waals surface area (Å²) in [6, 6.07) is 11.2. The van der Waals surface area contributed by atoms with E-state index in [0.29, 0.717) is 11.3 Å². The Kier molecular flexibility index (Phi) is 7.38. The van der Waals surface area contributed by atoms with Crippen molar-refractivity contribution in [3.8, 4) is 11.5 Å². The zero-order chi connectivity index (χ0) is 20.5. The molecule has 0 saturated carbocycles. The van der Waals surface area contributed by atoms with Crippen LogP contribution in [0.1, 0.15) is 26.3 Å². The summed E-state index contributed by atoms with van der Waals surface area (Å²) in [5, 5.41) is 2.63. The highest BCUT2D eigenvalue weighted by atomic mass is 16.5. The summed E-state index contributed by atoms with van der Waals surface area (Å²) in [7, 11) is 4.23. The SMILES string of the molecule is COC(=O)c1ccc(CNC(=O)COC(=O)c2ccc(OC)cc2OC)cc1. The third-order valence-corrected chi connectivity index (χ3v) is 3.83. The molecule has 0 aliphatic heterocycles. The Balaban J connectivity index is 1.85. The Morgan fingerprint density at radius 3 is 2.21 bits per heavy atom. The maximum absolute atomic E-state index is 12.2. The zero-order valence-corrected chi connectivity index (χ0v) is 15.8. The van der Waals surface area contributed by atoms with Crippen LogP contribution in [0.5, 0.6) is 11.5 Å². The van der Waals surface area contributed by atoms with Crippen LogP contribution in [-0.4, -0.2) is 45.8 Å². The summed E-state index contributed by atoms with van der Waals surface area (Å²) in [5.41, 5.74) is 1.39. The molecule has 0 radical (unpaired) electrons. The Labute approximate surface area is 162 Å². The second kappa shape index (κ2) is 9.96. The summed E-state index contributed by atoms with van der Waals surface area (Å²) >= 11 is 0. The second-order valence-electron chi connectivity index (χ2n) is 5.61. The molecule has 0 aliphatic rings. The van der Waals surface area contributed by atoms with Crippen LogP contribution in [-0.2, 0) is 20.8 Å². The maximum Gasteiger partial charge on any atom is 0.342 e. The first kappa shape index (κ1) is 20.8.